The Morgan fingerprint density at radius 1 is 1.27 bits per heavy atom. The Bertz CT molecular complexity index is 1030. The van der Waals surface area contributed by atoms with E-state index in [1.54, 1.807) is 14.2 Å². The molecule has 1 amide bonds. The molecule has 0 spiro atoms. The predicted molar refractivity (Wildman–Crippen MR) is 96.0 cm³/mol. The van der Waals surface area contributed by atoms with Gasteiger partial charge in [0.1, 0.15) is 11.6 Å². The third-order valence-electron chi connectivity index (χ3n) is 4.07. The summed E-state index contributed by atoms with van der Waals surface area (Å²) >= 11 is 0. The molecule has 1 N–H and O–H groups in total. The second-order valence-corrected chi connectivity index (χ2v) is 5.82. The van der Waals surface area contributed by atoms with Crippen LogP contribution >= 0.6 is 0 Å². The molecule has 1 heterocycles. The number of carbonyl (C=O) groups is 1. The van der Waals surface area contributed by atoms with Crippen LogP contribution in [0, 0.1) is 5.82 Å². The minimum absolute atomic E-state index is 0.125. The lowest BCUT2D eigenvalue weighted by molar-refractivity contribution is 0.0946. The van der Waals surface area contributed by atoms with E-state index >= 15 is 0 Å². The van der Waals surface area contributed by atoms with Crippen LogP contribution in [0.4, 0.5) is 4.39 Å². The number of aromatic nitrogens is 2. The van der Waals surface area contributed by atoms with Crippen molar-refractivity contribution in [3.05, 3.63) is 69.8 Å². The van der Waals surface area contributed by atoms with Crippen LogP contribution in [-0.2, 0) is 13.5 Å². The molecule has 26 heavy (non-hydrogen) atoms. The maximum Gasteiger partial charge on any atom is 0.275 e. The molecule has 0 unspecified atom stereocenters. The molecule has 0 bridgehead atoms. The Hall–Kier alpha value is -3.22. The summed E-state index contributed by atoms with van der Waals surface area (Å²) in [5, 5.41) is 6.84. The lowest BCUT2D eigenvalue weighted by atomic mass is 10.1. The molecule has 2 aromatic carbocycles. The van der Waals surface area contributed by atoms with Crippen LogP contribution in [0.15, 0.2) is 47.3 Å². The Morgan fingerprint density at radius 2 is 2.08 bits per heavy atom. The van der Waals surface area contributed by atoms with E-state index in [-0.39, 0.29) is 11.1 Å². The molecule has 7 heteroatoms. The Morgan fingerprint density at radius 3 is 2.85 bits per heavy atom. The van der Waals surface area contributed by atoms with E-state index in [0.29, 0.717) is 18.5 Å². The van der Waals surface area contributed by atoms with Gasteiger partial charge in [-0.15, -0.1) is 0 Å². The smallest absolute Gasteiger partial charge is 0.275 e. The Balaban J connectivity index is 1.77. The zero-order valence-corrected chi connectivity index (χ0v) is 14.5. The van der Waals surface area contributed by atoms with Gasteiger partial charge in [0.2, 0.25) is 5.43 Å². The molecule has 0 aliphatic heterocycles. The third kappa shape index (κ3) is 3.56. The normalized spacial score (nSPS) is 10.7. The SMILES string of the molecule is COc1cccc(CCNC(=O)c2nn(C)c3ccc(F)cc3c2=O)c1. The summed E-state index contributed by atoms with van der Waals surface area (Å²) in [6.07, 6.45) is 0.575. The van der Waals surface area contributed by atoms with Gasteiger partial charge in [0.15, 0.2) is 5.69 Å². The number of halogens is 1. The van der Waals surface area contributed by atoms with Gasteiger partial charge in [-0.1, -0.05) is 12.1 Å². The van der Waals surface area contributed by atoms with Crippen molar-refractivity contribution in [3.8, 4) is 5.75 Å². The average molecular weight is 355 g/mol. The van der Waals surface area contributed by atoms with E-state index in [1.807, 2.05) is 24.3 Å². The molecule has 0 atom stereocenters. The number of nitrogens with one attached hydrogen (secondary N) is 1. The summed E-state index contributed by atoms with van der Waals surface area (Å²) in [5.41, 5.74) is 0.614. The summed E-state index contributed by atoms with van der Waals surface area (Å²) in [6, 6.07) is 11.3. The van der Waals surface area contributed by atoms with Crippen molar-refractivity contribution in [1.82, 2.24) is 15.1 Å². The second kappa shape index (κ2) is 7.35. The van der Waals surface area contributed by atoms with Crippen molar-refractivity contribution in [1.29, 1.82) is 0 Å². The van der Waals surface area contributed by atoms with Gasteiger partial charge in [0, 0.05) is 13.6 Å². The van der Waals surface area contributed by atoms with E-state index in [9.17, 15) is 14.0 Å². The first-order chi connectivity index (χ1) is 12.5. The van der Waals surface area contributed by atoms with Crippen molar-refractivity contribution in [2.45, 2.75) is 6.42 Å². The maximum absolute atomic E-state index is 13.5. The van der Waals surface area contributed by atoms with E-state index < -0.39 is 17.2 Å². The monoisotopic (exact) mass is 355 g/mol. The van der Waals surface area contributed by atoms with Crippen LogP contribution < -0.4 is 15.5 Å². The summed E-state index contributed by atoms with van der Waals surface area (Å²) in [5.74, 6) is -0.384. The molecule has 3 aromatic rings. The highest BCUT2D eigenvalue weighted by atomic mass is 19.1. The number of hydrogen-bond acceptors (Lipinski definition) is 4. The second-order valence-electron chi connectivity index (χ2n) is 5.82. The zero-order valence-electron chi connectivity index (χ0n) is 14.5. The third-order valence-corrected chi connectivity index (χ3v) is 4.07. The van der Waals surface area contributed by atoms with Gasteiger partial charge in [-0.2, -0.15) is 5.10 Å². The van der Waals surface area contributed by atoms with Gasteiger partial charge in [0.25, 0.3) is 5.91 Å². The average Bonchev–Trinajstić information content (AvgIpc) is 2.64. The lowest BCUT2D eigenvalue weighted by Gasteiger charge is -2.09. The molecule has 0 aliphatic rings. The number of rotatable bonds is 5. The Labute approximate surface area is 149 Å². The molecule has 0 fully saturated rings. The van der Waals surface area contributed by atoms with Crippen LogP contribution in [-0.4, -0.2) is 29.3 Å². The van der Waals surface area contributed by atoms with Crippen LogP contribution in [0.3, 0.4) is 0 Å². The van der Waals surface area contributed by atoms with E-state index in [4.69, 9.17) is 4.74 Å². The maximum atomic E-state index is 13.5. The number of benzene rings is 2. The number of aryl methyl sites for hydroxylation is 1. The number of hydrogen-bond donors (Lipinski definition) is 1. The van der Waals surface area contributed by atoms with E-state index in [2.05, 4.69) is 10.4 Å². The summed E-state index contributed by atoms with van der Waals surface area (Å²) < 4.78 is 20.0. The van der Waals surface area contributed by atoms with E-state index in [0.717, 1.165) is 17.4 Å². The molecule has 0 saturated carbocycles. The Kier molecular flexibility index (Phi) is 4.97. The van der Waals surface area contributed by atoms with Gasteiger partial charge in [-0.3, -0.25) is 14.3 Å². The highest BCUT2D eigenvalue weighted by Crippen LogP contribution is 2.13. The van der Waals surface area contributed by atoms with Crippen molar-refractivity contribution < 1.29 is 13.9 Å². The fourth-order valence-electron chi connectivity index (χ4n) is 2.73. The molecular formula is C19H18FN3O3. The summed E-state index contributed by atoms with van der Waals surface area (Å²) in [7, 11) is 3.19. The van der Waals surface area contributed by atoms with Crippen LogP contribution in [0.25, 0.3) is 10.9 Å². The van der Waals surface area contributed by atoms with Crippen molar-refractivity contribution >= 4 is 16.8 Å². The minimum atomic E-state index is -0.587. The fraction of sp³-hybridized carbons (Fsp3) is 0.211. The molecule has 0 saturated heterocycles. The van der Waals surface area contributed by atoms with Crippen LogP contribution in [0.2, 0.25) is 0 Å². The number of carbonyl (C=O) groups excluding carboxylic acids is 1. The number of nitrogens with zero attached hydrogens (tertiary/aromatic N) is 2. The first kappa shape index (κ1) is 17.6. The predicted octanol–water partition coefficient (Wildman–Crippen LogP) is 2.05. The number of amides is 1. The highest BCUT2D eigenvalue weighted by Gasteiger charge is 2.16. The molecule has 134 valence electrons. The first-order valence-electron chi connectivity index (χ1n) is 8.07. The molecule has 0 aliphatic carbocycles. The van der Waals surface area contributed by atoms with Crippen LogP contribution in [0.5, 0.6) is 5.75 Å². The molecule has 3 rings (SSSR count). The number of ether oxygens (including phenoxy) is 1. The van der Waals surface area contributed by atoms with Gasteiger partial charge in [0.05, 0.1) is 18.0 Å². The molecule has 6 nitrogen and oxygen atoms in total. The summed E-state index contributed by atoms with van der Waals surface area (Å²) in [6.45, 7) is 0.331. The first-order valence-corrected chi connectivity index (χ1v) is 8.07. The van der Waals surface area contributed by atoms with Gasteiger partial charge >= 0.3 is 0 Å². The largest absolute Gasteiger partial charge is 0.497 e. The summed E-state index contributed by atoms with van der Waals surface area (Å²) in [4.78, 5) is 24.8. The number of methoxy groups -OCH3 is 1. The van der Waals surface area contributed by atoms with Crippen molar-refractivity contribution in [2.75, 3.05) is 13.7 Å². The zero-order chi connectivity index (χ0) is 18.7. The highest BCUT2D eigenvalue weighted by molar-refractivity contribution is 5.95. The van der Waals surface area contributed by atoms with Gasteiger partial charge in [-0.25, -0.2) is 4.39 Å². The number of fused-ring (bicyclic) bond motifs is 1. The molecule has 1 aromatic heterocycles. The topological polar surface area (TPSA) is 73.2 Å². The van der Waals surface area contributed by atoms with Crippen molar-refractivity contribution in [2.24, 2.45) is 7.05 Å². The van der Waals surface area contributed by atoms with Gasteiger partial charge < -0.3 is 10.1 Å². The molecular weight excluding hydrogens is 337 g/mol. The van der Waals surface area contributed by atoms with E-state index in [1.165, 1.54) is 16.8 Å². The quantitative estimate of drug-likeness (QED) is 0.760. The fourth-order valence-corrected chi connectivity index (χ4v) is 2.73. The standard InChI is InChI=1S/C19H18FN3O3/c1-23-16-7-6-13(20)11-15(16)18(24)17(22-23)19(25)21-9-8-12-4-3-5-14(10-12)26-2/h3-7,10-11H,8-9H2,1-2H3,(H,21,25). The lowest BCUT2D eigenvalue weighted by Crippen LogP contribution is -2.33. The van der Waals surface area contributed by atoms with Crippen LogP contribution in [0.1, 0.15) is 16.1 Å². The van der Waals surface area contributed by atoms with Crippen molar-refractivity contribution in [3.63, 3.8) is 0 Å². The van der Waals surface area contributed by atoms with Gasteiger partial charge in [-0.05, 0) is 42.3 Å². The minimum Gasteiger partial charge on any atom is -0.497 e. The molecule has 0 radical (unpaired) electrons.